The van der Waals surface area contributed by atoms with Crippen molar-refractivity contribution in [3.63, 3.8) is 0 Å². The lowest BCUT2D eigenvalue weighted by Crippen LogP contribution is -2.34. The fourth-order valence-electron chi connectivity index (χ4n) is 3.87. The summed E-state index contributed by atoms with van der Waals surface area (Å²) < 4.78 is 2.06. The van der Waals surface area contributed by atoms with Gasteiger partial charge in [0.05, 0.1) is 0 Å². The Kier molecular flexibility index (Phi) is 3.68. The predicted octanol–water partition coefficient (Wildman–Crippen LogP) is 1.91. The van der Waals surface area contributed by atoms with E-state index in [2.05, 4.69) is 21.6 Å². The minimum Gasteiger partial charge on any atom is -0.337 e. The SMILES string of the molecule is CCn1nc(C(=O)N2CCCC2)c2c1CCN(CC1CC1)C2. The first-order valence-electron chi connectivity index (χ1n) is 8.86. The number of rotatable bonds is 4. The van der Waals surface area contributed by atoms with Crippen molar-refractivity contribution < 1.29 is 4.79 Å². The van der Waals surface area contributed by atoms with Crippen LogP contribution in [0.25, 0.3) is 0 Å². The maximum Gasteiger partial charge on any atom is 0.274 e. The number of hydrogen-bond donors (Lipinski definition) is 0. The minimum absolute atomic E-state index is 0.161. The van der Waals surface area contributed by atoms with Crippen molar-refractivity contribution in [2.75, 3.05) is 26.2 Å². The molecule has 1 saturated carbocycles. The van der Waals surface area contributed by atoms with Gasteiger partial charge in [-0.05, 0) is 38.5 Å². The first kappa shape index (κ1) is 14.2. The van der Waals surface area contributed by atoms with Crippen molar-refractivity contribution in [2.24, 2.45) is 5.92 Å². The number of hydrogen-bond acceptors (Lipinski definition) is 3. The van der Waals surface area contributed by atoms with Crippen LogP contribution in [-0.2, 0) is 19.5 Å². The van der Waals surface area contributed by atoms with E-state index in [-0.39, 0.29) is 5.91 Å². The summed E-state index contributed by atoms with van der Waals surface area (Å²) in [4.78, 5) is 17.3. The highest BCUT2D eigenvalue weighted by molar-refractivity contribution is 5.94. The molecule has 5 heteroatoms. The standard InChI is InChI=1S/C17H26N4O/c1-2-21-15-7-10-19(11-13-5-6-13)12-14(15)16(18-21)17(22)20-8-3-4-9-20/h13H,2-12H2,1H3. The maximum atomic E-state index is 12.8. The van der Waals surface area contributed by atoms with E-state index in [1.54, 1.807) is 0 Å². The highest BCUT2D eigenvalue weighted by Gasteiger charge is 2.32. The minimum atomic E-state index is 0.161. The lowest BCUT2D eigenvalue weighted by Gasteiger charge is -2.27. The van der Waals surface area contributed by atoms with Gasteiger partial charge in [-0.2, -0.15) is 5.10 Å². The van der Waals surface area contributed by atoms with Gasteiger partial charge >= 0.3 is 0 Å². The summed E-state index contributed by atoms with van der Waals surface area (Å²) in [6.07, 6.45) is 6.08. The Labute approximate surface area is 132 Å². The molecule has 0 bridgehead atoms. The molecule has 22 heavy (non-hydrogen) atoms. The van der Waals surface area contributed by atoms with E-state index in [9.17, 15) is 4.79 Å². The number of amides is 1. The van der Waals surface area contributed by atoms with E-state index >= 15 is 0 Å². The molecule has 120 valence electrons. The lowest BCUT2D eigenvalue weighted by atomic mass is 10.0. The van der Waals surface area contributed by atoms with Gasteiger partial charge in [0, 0.05) is 56.9 Å². The fraction of sp³-hybridized carbons (Fsp3) is 0.765. The third-order valence-corrected chi connectivity index (χ3v) is 5.32. The van der Waals surface area contributed by atoms with E-state index in [1.807, 2.05) is 4.90 Å². The van der Waals surface area contributed by atoms with Crippen LogP contribution in [0.15, 0.2) is 0 Å². The van der Waals surface area contributed by atoms with Crippen LogP contribution >= 0.6 is 0 Å². The second kappa shape index (κ2) is 5.69. The van der Waals surface area contributed by atoms with Gasteiger partial charge in [0.25, 0.3) is 5.91 Å². The Morgan fingerprint density at radius 3 is 2.68 bits per heavy atom. The maximum absolute atomic E-state index is 12.8. The summed E-state index contributed by atoms with van der Waals surface area (Å²) in [6, 6.07) is 0. The van der Waals surface area contributed by atoms with E-state index in [1.165, 1.54) is 30.6 Å². The Hall–Kier alpha value is -1.36. The summed E-state index contributed by atoms with van der Waals surface area (Å²) in [7, 11) is 0. The number of fused-ring (bicyclic) bond motifs is 1. The predicted molar refractivity (Wildman–Crippen MR) is 84.7 cm³/mol. The molecule has 1 aromatic rings. The van der Waals surface area contributed by atoms with E-state index < -0.39 is 0 Å². The normalized spacial score (nSPS) is 22.1. The molecule has 0 unspecified atom stereocenters. The Bertz CT molecular complexity index is 569. The number of aryl methyl sites for hydroxylation is 1. The van der Waals surface area contributed by atoms with Gasteiger partial charge in [-0.3, -0.25) is 14.4 Å². The van der Waals surface area contributed by atoms with Crippen LogP contribution in [0.4, 0.5) is 0 Å². The molecule has 0 aromatic carbocycles. The summed E-state index contributed by atoms with van der Waals surface area (Å²) in [5, 5.41) is 4.68. The molecular weight excluding hydrogens is 276 g/mol. The Balaban J connectivity index is 1.60. The molecule has 0 spiro atoms. The summed E-state index contributed by atoms with van der Waals surface area (Å²) in [6.45, 7) is 8.02. The third-order valence-electron chi connectivity index (χ3n) is 5.32. The molecule has 2 fully saturated rings. The van der Waals surface area contributed by atoms with Crippen molar-refractivity contribution in [1.82, 2.24) is 19.6 Å². The molecule has 4 rings (SSSR count). The number of aromatic nitrogens is 2. The van der Waals surface area contributed by atoms with Crippen molar-refractivity contribution in [3.05, 3.63) is 17.0 Å². The second-order valence-electron chi connectivity index (χ2n) is 7.02. The Morgan fingerprint density at radius 1 is 1.23 bits per heavy atom. The highest BCUT2D eigenvalue weighted by Crippen LogP contribution is 2.32. The van der Waals surface area contributed by atoms with Crippen LogP contribution < -0.4 is 0 Å². The molecule has 1 aromatic heterocycles. The molecule has 2 aliphatic heterocycles. The first-order chi connectivity index (χ1) is 10.8. The van der Waals surface area contributed by atoms with Crippen LogP contribution in [0.5, 0.6) is 0 Å². The zero-order chi connectivity index (χ0) is 15.1. The van der Waals surface area contributed by atoms with Crippen molar-refractivity contribution in [1.29, 1.82) is 0 Å². The van der Waals surface area contributed by atoms with E-state index in [4.69, 9.17) is 0 Å². The van der Waals surface area contributed by atoms with E-state index in [0.717, 1.165) is 63.6 Å². The smallest absolute Gasteiger partial charge is 0.274 e. The van der Waals surface area contributed by atoms with Crippen LogP contribution in [0.2, 0.25) is 0 Å². The Morgan fingerprint density at radius 2 is 2.00 bits per heavy atom. The average Bonchev–Trinajstić information content (AvgIpc) is 3.06. The van der Waals surface area contributed by atoms with Crippen LogP contribution in [-0.4, -0.2) is 51.7 Å². The third kappa shape index (κ3) is 2.56. The molecule has 0 atom stereocenters. The number of carbonyl (C=O) groups excluding carboxylic acids is 1. The quantitative estimate of drug-likeness (QED) is 0.853. The van der Waals surface area contributed by atoms with Gasteiger partial charge in [0.15, 0.2) is 5.69 Å². The van der Waals surface area contributed by atoms with Crippen LogP contribution in [0.1, 0.15) is 54.4 Å². The van der Waals surface area contributed by atoms with Gasteiger partial charge in [-0.1, -0.05) is 0 Å². The topological polar surface area (TPSA) is 41.4 Å². The molecule has 0 N–H and O–H groups in total. The highest BCUT2D eigenvalue weighted by atomic mass is 16.2. The lowest BCUT2D eigenvalue weighted by molar-refractivity contribution is 0.0783. The number of likely N-dealkylation sites (tertiary alicyclic amines) is 1. The van der Waals surface area contributed by atoms with Crippen LogP contribution in [0.3, 0.4) is 0 Å². The zero-order valence-corrected chi connectivity index (χ0v) is 13.6. The molecule has 0 radical (unpaired) electrons. The molecule has 1 amide bonds. The van der Waals surface area contributed by atoms with Gasteiger partial charge in [0.1, 0.15) is 0 Å². The van der Waals surface area contributed by atoms with Gasteiger partial charge < -0.3 is 4.90 Å². The average molecular weight is 302 g/mol. The second-order valence-corrected chi connectivity index (χ2v) is 7.02. The van der Waals surface area contributed by atoms with E-state index in [0.29, 0.717) is 0 Å². The van der Waals surface area contributed by atoms with Crippen molar-refractivity contribution >= 4 is 5.91 Å². The van der Waals surface area contributed by atoms with Crippen molar-refractivity contribution in [2.45, 2.75) is 52.1 Å². The largest absolute Gasteiger partial charge is 0.337 e. The van der Waals surface area contributed by atoms with Gasteiger partial charge in [0.2, 0.25) is 0 Å². The molecule has 1 saturated heterocycles. The first-order valence-corrected chi connectivity index (χ1v) is 8.86. The zero-order valence-electron chi connectivity index (χ0n) is 13.6. The van der Waals surface area contributed by atoms with Crippen molar-refractivity contribution in [3.8, 4) is 0 Å². The fourth-order valence-corrected chi connectivity index (χ4v) is 3.87. The molecular formula is C17H26N4O. The molecule has 3 heterocycles. The number of carbonyl (C=O) groups is 1. The summed E-state index contributed by atoms with van der Waals surface area (Å²) >= 11 is 0. The molecule has 1 aliphatic carbocycles. The van der Waals surface area contributed by atoms with Gasteiger partial charge in [-0.15, -0.1) is 0 Å². The monoisotopic (exact) mass is 302 g/mol. The summed E-state index contributed by atoms with van der Waals surface area (Å²) in [5.74, 6) is 1.06. The van der Waals surface area contributed by atoms with Gasteiger partial charge in [-0.25, -0.2) is 0 Å². The molecule has 3 aliphatic rings. The number of nitrogens with zero attached hydrogens (tertiary/aromatic N) is 4. The molecule has 5 nitrogen and oxygen atoms in total. The van der Waals surface area contributed by atoms with Crippen LogP contribution in [0, 0.1) is 5.92 Å². The summed E-state index contributed by atoms with van der Waals surface area (Å²) in [5.41, 5.74) is 3.25.